The van der Waals surface area contributed by atoms with Crippen LogP contribution in [0.5, 0.6) is 0 Å². The number of nitrogens with zero attached hydrogens (tertiary/aromatic N) is 1. The smallest absolute Gasteiger partial charge is 0.255 e. The third kappa shape index (κ3) is 4.33. The lowest BCUT2D eigenvalue weighted by Gasteiger charge is -2.09. The van der Waals surface area contributed by atoms with Gasteiger partial charge in [-0.05, 0) is 35.9 Å². The third-order valence-electron chi connectivity index (χ3n) is 3.56. The summed E-state index contributed by atoms with van der Waals surface area (Å²) in [6.07, 6.45) is 1.52. The second-order valence-electron chi connectivity index (χ2n) is 5.31. The Balaban J connectivity index is 1.70. The molecule has 1 amide bonds. The van der Waals surface area contributed by atoms with Crippen molar-refractivity contribution >= 4 is 29.0 Å². The van der Waals surface area contributed by atoms with Gasteiger partial charge in [-0.3, -0.25) is 4.79 Å². The van der Waals surface area contributed by atoms with Crippen LogP contribution in [-0.2, 0) is 6.54 Å². The summed E-state index contributed by atoms with van der Waals surface area (Å²) in [5, 5.41) is 6.32. The van der Waals surface area contributed by atoms with E-state index in [9.17, 15) is 9.18 Å². The van der Waals surface area contributed by atoms with Crippen molar-refractivity contribution in [2.75, 3.05) is 10.6 Å². The summed E-state index contributed by atoms with van der Waals surface area (Å²) in [5.74, 6) is -0.364. The molecule has 1 heterocycles. The lowest BCUT2D eigenvalue weighted by atomic mass is 10.2. The first-order valence-corrected chi connectivity index (χ1v) is 8.00. The van der Waals surface area contributed by atoms with Crippen molar-refractivity contribution < 1.29 is 9.18 Å². The average Bonchev–Trinajstić information content (AvgIpc) is 2.63. The fourth-order valence-corrected chi connectivity index (χ4v) is 2.46. The van der Waals surface area contributed by atoms with Gasteiger partial charge in [0.25, 0.3) is 5.91 Å². The molecule has 0 saturated heterocycles. The Labute approximate surface area is 149 Å². The SMILES string of the molecule is O=C(Nc1ccccc1F)c1ccnc(NCc2ccccc2Cl)c1. The predicted octanol–water partition coefficient (Wildman–Crippen LogP) is 4.74. The number of amides is 1. The van der Waals surface area contributed by atoms with E-state index < -0.39 is 11.7 Å². The van der Waals surface area contributed by atoms with E-state index in [0.29, 0.717) is 22.9 Å². The largest absolute Gasteiger partial charge is 0.366 e. The average molecular weight is 356 g/mol. The van der Waals surface area contributed by atoms with Gasteiger partial charge in [0.05, 0.1) is 5.69 Å². The molecule has 6 heteroatoms. The van der Waals surface area contributed by atoms with Gasteiger partial charge in [0.2, 0.25) is 0 Å². The summed E-state index contributed by atoms with van der Waals surface area (Å²) >= 11 is 6.12. The highest BCUT2D eigenvalue weighted by atomic mass is 35.5. The van der Waals surface area contributed by atoms with E-state index in [1.54, 1.807) is 24.3 Å². The maximum atomic E-state index is 13.6. The molecule has 0 spiro atoms. The van der Waals surface area contributed by atoms with E-state index in [1.165, 1.54) is 18.3 Å². The summed E-state index contributed by atoms with van der Waals surface area (Å²) < 4.78 is 13.6. The Hall–Kier alpha value is -2.92. The molecule has 0 bridgehead atoms. The van der Waals surface area contributed by atoms with Crippen molar-refractivity contribution in [3.05, 3.63) is 88.8 Å². The first-order valence-electron chi connectivity index (χ1n) is 7.63. The number of nitrogens with one attached hydrogen (secondary N) is 2. The van der Waals surface area contributed by atoms with E-state index in [2.05, 4.69) is 15.6 Å². The molecule has 3 aromatic rings. The lowest BCUT2D eigenvalue weighted by Crippen LogP contribution is -2.13. The van der Waals surface area contributed by atoms with Gasteiger partial charge in [-0.15, -0.1) is 0 Å². The number of hydrogen-bond acceptors (Lipinski definition) is 3. The molecule has 0 aliphatic rings. The standard InChI is InChI=1S/C19H15ClFN3O/c20-15-6-2-1-5-14(15)12-23-18-11-13(9-10-22-18)19(25)24-17-8-4-3-7-16(17)21/h1-11H,12H2,(H,22,23)(H,24,25). The lowest BCUT2D eigenvalue weighted by molar-refractivity contribution is 0.102. The molecule has 0 unspecified atom stereocenters. The number of anilines is 2. The van der Waals surface area contributed by atoms with Crippen LogP contribution in [0.2, 0.25) is 5.02 Å². The molecule has 2 N–H and O–H groups in total. The zero-order valence-electron chi connectivity index (χ0n) is 13.2. The van der Waals surface area contributed by atoms with E-state index in [-0.39, 0.29) is 5.69 Å². The molecular formula is C19H15ClFN3O. The van der Waals surface area contributed by atoms with Crippen molar-refractivity contribution in [2.45, 2.75) is 6.54 Å². The topological polar surface area (TPSA) is 54.0 Å². The highest BCUT2D eigenvalue weighted by molar-refractivity contribution is 6.31. The molecule has 126 valence electrons. The molecule has 0 aliphatic heterocycles. The molecule has 4 nitrogen and oxygen atoms in total. The molecule has 0 fully saturated rings. The van der Waals surface area contributed by atoms with Crippen LogP contribution < -0.4 is 10.6 Å². The summed E-state index contributed by atoms with van der Waals surface area (Å²) in [5.41, 5.74) is 1.43. The van der Waals surface area contributed by atoms with E-state index in [4.69, 9.17) is 11.6 Å². The zero-order valence-corrected chi connectivity index (χ0v) is 13.9. The molecule has 25 heavy (non-hydrogen) atoms. The first-order chi connectivity index (χ1) is 12.1. The maximum absolute atomic E-state index is 13.6. The number of pyridine rings is 1. The zero-order chi connectivity index (χ0) is 17.6. The summed E-state index contributed by atoms with van der Waals surface area (Å²) in [7, 11) is 0. The Kier molecular flexibility index (Phi) is 5.26. The second-order valence-corrected chi connectivity index (χ2v) is 5.72. The van der Waals surface area contributed by atoms with Crippen molar-refractivity contribution in [3.8, 4) is 0 Å². The Bertz CT molecular complexity index is 901. The van der Waals surface area contributed by atoms with Crippen LogP contribution in [0.25, 0.3) is 0 Å². The number of carbonyl (C=O) groups excluding carboxylic acids is 1. The van der Waals surface area contributed by atoms with Gasteiger partial charge in [-0.25, -0.2) is 9.37 Å². The predicted molar refractivity (Wildman–Crippen MR) is 97.4 cm³/mol. The van der Waals surface area contributed by atoms with Crippen LogP contribution in [0.15, 0.2) is 66.9 Å². The van der Waals surface area contributed by atoms with Gasteiger partial charge >= 0.3 is 0 Å². The van der Waals surface area contributed by atoms with Crippen molar-refractivity contribution in [2.24, 2.45) is 0 Å². The van der Waals surface area contributed by atoms with E-state index in [0.717, 1.165) is 5.56 Å². The number of halogens is 2. The van der Waals surface area contributed by atoms with Crippen LogP contribution in [0.4, 0.5) is 15.9 Å². The molecule has 0 aliphatic carbocycles. The highest BCUT2D eigenvalue weighted by Crippen LogP contribution is 2.18. The fraction of sp³-hybridized carbons (Fsp3) is 0.0526. The van der Waals surface area contributed by atoms with Crippen molar-refractivity contribution in [3.63, 3.8) is 0 Å². The molecule has 0 atom stereocenters. The summed E-state index contributed by atoms with van der Waals surface area (Å²) in [6.45, 7) is 0.477. The molecular weight excluding hydrogens is 341 g/mol. The van der Waals surface area contributed by atoms with Gasteiger partial charge in [0, 0.05) is 23.3 Å². The highest BCUT2D eigenvalue weighted by Gasteiger charge is 2.10. The number of carbonyl (C=O) groups is 1. The second kappa shape index (κ2) is 7.77. The Morgan fingerprint density at radius 1 is 1.08 bits per heavy atom. The number of para-hydroxylation sites is 1. The molecule has 1 aromatic heterocycles. The quantitative estimate of drug-likeness (QED) is 0.695. The normalized spacial score (nSPS) is 10.3. The Morgan fingerprint density at radius 3 is 2.64 bits per heavy atom. The molecule has 2 aromatic carbocycles. The van der Waals surface area contributed by atoms with Crippen molar-refractivity contribution in [1.82, 2.24) is 4.98 Å². The fourth-order valence-electron chi connectivity index (χ4n) is 2.25. The summed E-state index contributed by atoms with van der Waals surface area (Å²) in [6, 6.07) is 16.7. The third-order valence-corrected chi connectivity index (χ3v) is 3.93. The minimum Gasteiger partial charge on any atom is -0.366 e. The van der Waals surface area contributed by atoms with E-state index >= 15 is 0 Å². The van der Waals surface area contributed by atoms with Crippen LogP contribution in [0.3, 0.4) is 0 Å². The van der Waals surface area contributed by atoms with Gasteiger partial charge in [-0.2, -0.15) is 0 Å². The number of hydrogen-bond donors (Lipinski definition) is 2. The van der Waals surface area contributed by atoms with Crippen LogP contribution in [-0.4, -0.2) is 10.9 Å². The molecule has 0 saturated carbocycles. The Morgan fingerprint density at radius 2 is 1.84 bits per heavy atom. The van der Waals surface area contributed by atoms with Crippen molar-refractivity contribution in [1.29, 1.82) is 0 Å². The van der Waals surface area contributed by atoms with Gasteiger partial charge in [-0.1, -0.05) is 41.9 Å². The minimum atomic E-state index is -0.484. The number of benzene rings is 2. The number of aromatic nitrogens is 1. The van der Waals surface area contributed by atoms with Crippen LogP contribution in [0, 0.1) is 5.82 Å². The van der Waals surface area contributed by atoms with Crippen LogP contribution >= 0.6 is 11.6 Å². The van der Waals surface area contributed by atoms with Gasteiger partial charge < -0.3 is 10.6 Å². The number of rotatable bonds is 5. The van der Waals surface area contributed by atoms with Crippen LogP contribution in [0.1, 0.15) is 15.9 Å². The van der Waals surface area contributed by atoms with Gasteiger partial charge in [0.15, 0.2) is 0 Å². The van der Waals surface area contributed by atoms with Gasteiger partial charge in [0.1, 0.15) is 11.6 Å². The van der Waals surface area contributed by atoms with E-state index in [1.807, 2.05) is 24.3 Å². The molecule has 0 radical (unpaired) electrons. The monoisotopic (exact) mass is 355 g/mol. The maximum Gasteiger partial charge on any atom is 0.255 e. The molecule has 3 rings (SSSR count). The first kappa shape index (κ1) is 16.9. The minimum absolute atomic E-state index is 0.134. The summed E-state index contributed by atoms with van der Waals surface area (Å²) in [4.78, 5) is 16.5.